The van der Waals surface area contributed by atoms with Crippen LogP contribution in [0.15, 0.2) is 24.3 Å². The molecule has 1 aromatic carbocycles. The van der Waals surface area contributed by atoms with Crippen LogP contribution in [0.2, 0.25) is 0 Å². The Morgan fingerprint density at radius 3 is 2.20 bits per heavy atom. The van der Waals surface area contributed by atoms with E-state index in [0.29, 0.717) is 0 Å². The van der Waals surface area contributed by atoms with Gasteiger partial charge in [0.1, 0.15) is 6.04 Å². The van der Waals surface area contributed by atoms with Crippen molar-refractivity contribution in [3.63, 3.8) is 0 Å². The summed E-state index contributed by atoms with van der Waals surface area (Å²) in [5, 5.41) is 0. The third-order valence-electron chi connectivity index (χ3n) is 4.32. The Labute approximate surface area is 168 Å². The molecule has 0 fully saturated rings. The lowest BCUT2D eigenvalue weighted by molar-refractivity contribution is -0.137. The molecule has 1 heterocycles. The zero-order chi connectivity index (χ0) is 22.5. The van der Waals surface area contributed by atoms with E-state index in [1.807, 2.05) is 0 Å². The lowest BCUT2D eigenvalue weighted by Crippen LogP contribution is -2.48. The summed E-state index contributed by atoms with van der Waals surface area (Å²) in [6.07, 6.45) is -12.8. The average Bonchev–Trinajstić information content (AvgIpc) is 2.74. The molecule has 6 nitrogen and oxygen atoms in total. The molecule has 0 saturated heterocycles. The highest BCUT2D eigenvalue weighted by Crippen LogP contribution is 2.34. The molecule has 12 heteroatoms. The minimum absolute atomic E-state index is 0.171. The number of fused-ring (bicyclic) bond motifs is 1. The van der Waals surface area contributed by atoms with Gasteiger partial charge < -0.3 is 15.4 Å². The van der Waals surface area contributed by atoms with Crippen molar-refractivity contribution in [3.05, 3.63) is 24.3 Å². The fraction of sp³-hybridized carbons (Fsp3) is 0.556. The van der Waals surface area contributed by atoms with E-state index < -0.39 is 56.3 Å². The molecule has 0 bridgehead atoms. The van der Waals surface area contributed by atoms with Crippen molar-refractivity contribution in [1.82, 2.24) is 0 Å². The first-order valence-electron chi connectivity index (χ1n) is 9.13. The van der Waals surface area contributed by atoms with Crippen LogP contribution in [-0.4, -0.2) is 50.1 Å². The number of halogens is 6. The Bertz CT molecular complexity index is 753. The molecule has 1 unspecified atom stereocenters. The topological polar surface area (TPSA) is 75.9 Å². The van der Waals surface area contributed by atoms with E-state index in [4.69, 9.17) is 10.5 Å². The Hall–Kier alpha value is -2.50. The number of nitrogens with zero attached hydrogens (tertiary/aromatic N) is 2. The summed E-state index contributed by atoms with van der Waals surface area (Å²) in [7, 11) is 0. The molecular formula is C18H21F6N3O3. The Kier molecular flexibility index (Phi) is 7.56. The van der Waals surface area contributed by atoms with Gasteiger partial charge in [0.15, 0.2) is 0 Å². The first-order chi connectivity index (χ1) is 13.9. The van der Waals surface area contributed by atoms with Gasteiger partial charge in [0.2, 0.25) is 5.91 Å². The van der Waals surface area contributed by atoms with Crippen LogP contribution in [0.25, 0.3) is 0 Å². The summed E-state index contributed by atoms with van der Waals surface area (Å²) < 4.78 is 79.0. The number of ether oxygens (including phenoxy) is 1. The minimum Gasteiger partial charge on any atom is -0.449 e. The summed E-state index contributed by atoms with van der Waals surface area (Å²) in [6, 6.07) is 4.73. The Morgan fingerprint density at radius 2 is 1.60 bits per heavy atom. The number of nitrogens with two attached hydrogens (primary N) is 1. The number of hydrogen-bond acceptors (Lipinski definition) is 4. The largest absolute Gasteiger partial charge is 0.449 e. The van der Waals surface area contributed by atoms with Crippen molar-refractivity contribution < 1.29 is 40.7 Å². The van der Waals surface area contributed by atoms with Gasteiger partial charge in [0.25, 0.3) is 0 Å². The summed E-state index contributed by atoms with van der Waals surface area (Å²) in [6.45, 7) is -1.09. The highest BCUT2D eigenvalue weighted by atomic mass is 19.4. The monoisotopic (exact) mass is 441 g/mol. The van der Waals surface area contributed by atoms with E-state index in [9.17, 15) is 35.9 Å². The van der Waals surface area contributed by atoms with Crippen LogP contribution in [0.1, 0.15) is 25.7 Å². The first kappa shape index (κ1) is 23.8. The second-order valence-corrected chi connectivity index (χ2v) is 6.75. The van der Waals surface area contributed by atoms with Gasteiger partial charge in [0, 0.05) is 19.4 Å². The zero-order valence-electron chi connectivity index (χ0n) is 15.8. The molecule has 2 rings (SSSR count). The summed E-state index contributed by atoms with van der Waals surface area (Å²) in [5.74, 6) is -0.669. The van der Waals surface area contributed by atoms with E-state index in [-0.39, 0.29) is 30.9 Å². The first-order valence-corrected chi connectivity index (χ1v) is 9.13. The van der Waals surface area contributed by atoms with Gasteiger partial charge in [-0.3, -0.25) is 9.69 Å². The van der Waals surface area contributed by atoms with Gasteiger partial charge in [-0.05, 0) is 25.0 Å². The lowest BCUT2D eigenvalue weighted by Gasteiger charge is -2.25. The molecule has 0 radical (unpaired) electrons. The molecule has 1 atom stereocenters. The van der Waals surface area contributed by atoms with Gasteiger partial charge in [-0.2, -0.15) is 26.3 Å². The number of rotatable bonds is 6. The molecule has 168 valence electrons. The van der Waals surface area contributed by atoms with Crippen molar-refractivity contribution in [1.29, 1.82) is 0 Å². The van der Waals surface area contributed by atoms with E-state index in [0.717, 1.165) is 9.80 Å². The van der Waals surface area contributed by atoms with E-state index in [2.05, 4.69) is 0 Å². The molecule has 0 aromatic heterocycles. The van der Waals surface area contributed by atoms with Crippen molar-refractivity contribution in [3.8, 4) is 0 Å². The summed E-state index contributed by atoms with van der Waals surface area (Å²) in [5.41, 5.74) is 6.18. The van der Waals surface area contributed by atoms with Crippen molar-refractivity contribution in [2.75, 3.05) is 29.5 Å². The standard InChI is InChI=1S/C18H21F6N3O3/c19-17(20,21)7-3-9-26-13-5-1-2-6-14(13)27(11-12(25)15(26)28)16(29)30-10-4-8-18(22,23)24/h1-2,5-6,12H,3-4,7-11,25H2. The number of para-hydroxylation sites is 2. The third kappa shape index (κ3) is 6.78. The molecule has 0 spiro atoms. The third-order valence-corrected chi connectivity index (χ3v) is 4.32. The second-order valence-electron chi connectivity index (χ2n) is 6.75. The smallest absolute Gasteiger partial charge is 0.414 e. The van der Waals surface area contributed by atoms with Gasteiger partial charge >= 0.3 is 18.4 Å². The van der Waals surface area contributed by atoms with Gasteiger partial charge in [-0.15, -0.1) is 0 Å². The quantitative estimate of drug-likeness (QED) is 0.535. The van der Waals surface area contributed by atoms with Crippen LogP contribution in [0.4, 0.5) is 42.5 Å². The number of anilines is 2. The molecular weight excluding hydrogens is 420 g/mol. The Morgan fingerprint density at radius 1 is 1.03 bits per heavy atom. The maximum Gasteiger partial charge on any atom is 0.414 e. The highest BCUT2D eigenvalue weighted by molar-refractivity contribution is 6.05. The van der Waals surface area contributed by atoms with E-state index in [1.54, 1.807) is 0 Å². The molecule has 2 N–H and O–H groups in total. The SMILES string of the molecule is NC1CN(C(=O)OCCCC(F)(F)F)c2ccccc2N(CCCC(F)(F)F)C1=O. The van der Waals surface area contributed by atoms with Crippen molar-refractivity contribution in [2.24, 2.45) is 5.73 Å². The fourth-order valence-corrected chi connectivity index (χ4v) is 2.96. The predicted octanol–water partition coefficient (Wildman–Crippen LogP) is 3.99. The average molecular weight is 441 g/mol. The summed E-state index contributed by atoms with van der Waals surface area (Å²) in [4.78, 5) is 27.1. The number of benzene rings is 1. The summed E-state index contributed by atoms with van der Waals surface area (Å²) >= 11 is 0. The molecule has 2 amide bonds. The van der Waals surface area contributed by atoms with Crippen LogP contribution in [-0.2, 0) is 9.53 Å². The van der Waals surface area contributed by atoms with Crippen molar-refractivity contribution >= 4 is 23.4 Å². The number of carbonyl (C=O) groups excluding carboxylic acids is 2. The number of hydrogen-bond donors (Lipinski definition) is 1. The maximum atomic E-state index is 12.6. The van der Waals surface area contributed by atoms with Crippen molar-refractivity contribution in [2.45, 2.75) is 44.1 Å². The fourth-order valence-electron chi connectivity index (χ4n) is 2.96. The maximum absolute atomic E-state index is 12.6. The van der Waals surface area contributed by atoms with Crippen LogP contribution >= 0.6 is 0 Å². The number of amides is 2. The lowest BCUT2D eigenvalue weighted by atomic mass is 10.2. The van der Waals surface area contributed by atoms with Crippen LogP contribution in [0, 0.1) is 0 Å². The molecule has 1 aromatic rings. The molecule has 0 saturated carbocycles. The van der Waals surface area contributed by atoms with Gasteiger partial charge in [-0.1, -0.05) is 12.1 Å². The predicted molar refractivity (Wildman–Crippen MR) is 96.0 cm³/mol. The molecule has 1 aliphatic heterocycles. The zero-order valence-corrected chi connectivity index (χ0v) is 15.8. The van der Waals surface area contributed by atoms with Gasteiger partial charge in [0.05, 0.1) is 24.5 Å². The minimum atomic E-state index is -4.39. The van der Waals surface area contributed by atoms with E-state index >= 15 is 0 Å². The molecule has 30 heavy (non-hydrogen) atoms. The van der Waals surface area contributed by atoms with Crippen LogP contribution < -0.4 is 15.5 Å². The van der Waals surface area contributed by atoms with Crippen LogP contribution in [0.5, 0.6) is 0 Å². The highest BCUT2D eigenvalue weighted by Gasteiger charge is 2.35. The van der Waals surface area contributed by atoms with Gasteiger partial charge in [-0.25, -0.2) is 4.79 Å². The van der Waals surface area contributed by atoms with E-state index in [1.165, 1.54) is 24.3 Å². The Balaban J connectivity index is 2.17. The molecule has 0 aliphatic carbocycles. The normalized spacial score (nSPS) is 17.6. The number of alkyl halides is 6. The number of carbonyl (C=O) groups is 2. The molecule has 1 aliphatic rings. The second kappa shape index (κ2) is 9.54. The van der Waals surface area contributed by atoms with Crippen LogP contribution in [0.3, 0.4) is 0 Å².